The summed E-state index contributed by atoms with van der Waals surface area (Å²) in [5, 5.41) is 8.53. The lowest BCUT2D eigenvalue weighted by Gasteiger charge is -2.13. The van der Waals surface area contributed by atoms with E-state index in [1.807, 2.05) is 0 Å². The first kappa shape index (κ1) is 16.5. The van der Waals surface area contributed by atoms with Crippen LogP contribution in [0.3, 0.4) is 0 Å². The molecule has 1 saturated carbocycles. The van der Waals surface area contributed by atoms with Gasteiger partial charge in [0, 0.05) is 6.42 Å². The van der Waals surface area contributed by atoms with E-state index in [0.717, 1.165) is 18.8 Å². The summed E-state index contributed by atoms with van der Waals surface area (Å²) in [6.07, 6.45) is 19.2. The quantitative estimate of drug-likeness (QED) is 0.416. The Hall–Kier alpha value is -0.530. The van der Waals surface area contributed by atoms with Crippen LogP contribution in [0.2, 0.25) is 0 Å². The largest absolute Gasteiger partial charge is 0.481 e. The van der Waals surface area contributed by atoms with Gasteiger partial charge in [-0.3, -0.25) is 4.79 Å². The number of carbonyl (C=O) groups is 1. The van der Waals surface area contributed by atoms with E-state index >= 15 is 0 Å². The third-order valence-corrected chi connectivity index (χ3v) is 4.48. The topological polar surface area (TPSA) is 37.3 Å². The third-order valence-electron chi connectivity index (χ3n) is 4.48. The minimum Gasteiger partial charge on any atom is -0.481 e. The van der Waals surface area contributed by atoms with Crippen LogP contribution >= 0.6 is 0 Å². The highest BCUT2D eigenvalue weighted by Crippen LogP contribution is 2.27. The Balaban J connectivity index is 1.81. The van der Waals surface area contributed by atoms with E-state index in [9.17, 15) is 4.79 Å². The van der Waals surface area contributed by atoms with Gasteiger partial charge in [0.1, 0.15) is 0 Å². The van der Waals surface area contributed by atoms with Gasteiger partial charge in [-0.1, -0.05) is 83.5 Å². The van der Waals surface area contributed by atoms with Crippen molar-refractivity contribution in [2.75, 3.05) is 0 Å². The van der Waals surface area contributed by atoms with Crippen molar-refractivity contribution in [3.05, 3.63) is 0 Å². The predicted molar refractivity (Wildman–Crippen MR) is 80.4 cm³/mol. The van der Waals surface area contributed by atoms with Crippen LogP contribution in [0.4, 0.5) is 0 Å². The minimum absolute atomic E-state index is 0.349. The number of hydrogen-bond acceptors (Lipinski definition) is 1. The monoisotopic (exact) mass is 268 g/mol. The SMILES string of the molecule is O=C(O)CCCCCCCCCC1CCCCCC1. The Morgan fingerprint density at radius 2 is 1.32 bits per heavy atom. The van der Waals surface area contributed by atoms with E-state index < -0.39 is 5.97 Å². The molecule has 0 aromatic rings. The van der Waals surface area contributed by atoms with E-state index in [-0.39, 0.29) is 0 Å². The summed E-state index contributed by atoms with van der Waals surface area (Å²) in [6.45, 7) is 0. The molecule has 0 radical (unpaired) electrons. The van der Waals surface area contributed by atoms with Crippen molar-refractivity contribution in [1.29, 1.82) is 0 Å². The van der Waals surface area contributed by atoms with Gasteiger partial charge in [-0.2, -0.15) is 0 Å². The van der Waals surface area contributed by atoms with Crippen molar-refractivity contribution in [3.8, 4) is 0 Å². The Morgan fingerprint density at radius 3 is 1.89 bits per heavy atom. The van der Waals surface area contributed by atoms with E-state index in [1.54, 1.807) is 0 Å². The first-order valence-electron chi connectivity index (χ1n) is 8.51. The lowest BCUT2D eigenvalue weighted by Crippen LogP contribution is -1.98. The van der Waals surface area contributed by atoms with E-state index in [1.165, 1.54) is 77.0 Å². The minimum atomic E-state index is -0.650. The molecule has 0 unspecified atom stereocenters. The maximum Gasteiger partial charge on any atom is 0.303 e. The van der Waals surface area contributed by atoms with Crippen molar-refractivity contribution in [2.24, 2.45) is 5.92 Å². The average Bonchev–Trinajstić information content (AvgIpc) is 2.65. The summed E-state index contributed by atoms with van der Waals surface area (Å²) in [5.41, 5.74) is 0. The Labute approximate surface area is 119 Å². The molecule has 1 rings (SSSR count). The number of unbranched alkanes of at least 4 members (excludes halogenated alkanes) is 6. The third kappa shape index (κ3) is 9.98. The molecule has 0 amide bonds. The number of hydrogen-bond donors (Lipinski definition) is 1. The molecule has 19 heavy (non-hydrogen) atoms. The Kier molecular flexibility index (Phi) is 9.84. The van der Waals surface area contributed by atoms with Gasteiger partial charge in [-0.25, -0.2) is 0 Å². The van der Waals surface area contributed by atoms with Gasteiger partial charge in [0.15, 0.2) is 0 Å². The zero-order valence-corrected chi connectivity index (χ0v) is 12.5. The fourth-order valence-electron chi connectivity index (χ4n) is 3.25. The molecule has 1 fully saturated rings. The second-order valence-electron chi connectivity index (χ2n) is 6.26. The van der Waals surface area contributed by atoms with Crippen LogP contribution in [-0.4, -0.2) is 11.1 Å². The number of rotatable bonds is 10. The smallest absolute Gasteiger partial charge is 0.303 e. The van der Waals surface area contributed by atoms with Gasteiger partial charge in [0.05, 0.1) is 0 Å². The molecular formula is C17H32O2. The molecule has 2 nitrogen and oxygen atoms in total. The molecule has 0 aromatic carbocycles. The lowest BCUT2D eigenvalue weighted by atomic mass is 9.93. The van der Waals surface area contributed by atoms with Crippen LogP contribution < -0.4 is 0 Å². The molecule has 1 N–H and O–H groups in total. The van der Waals surface area contributed by atoms with Gasteiger partial charge >= 0.3 is 5.97 Å². The average molecular weight is 268 g/mol. The highest BCUT2D eigenvalue weighted by Gasteiger charge is 2.11. The lowest BCUT2D eigenvalue weighted by molar-refractivity contribution is -0.137. The normalized spacial score (nSPS) is 17.3. The Bertz CT molecular complexity index is 217. The van der Waals surface area contributed by atoms with Crippen LogP contribution in [0.15, 0.2) is 0 Å². The zero-order valence-electron chi connectivity index (χ0n) is 12.5. The molecule has 0 bridgehead atoms. The van der Waals surface area contributed by atoms with Crippen LogP contribution in [0.1, 0.15) is 96.3 Å². The zero-order chi connectivity index (χ0) is 13.8. The maximum absolute atomic E-state index is 10.3. The molecule has 0 saturated heterocycles. The first-order chi connectivity index (χ1) is 9.29. The van der Waals surface area contributed by atoms with Gasteiger partial charge < -0.3 is 5.11 Å². The van der Waals surface area contributed by atoms with Crippen LogP contribution in [0, 0.1) is 5.92 Å². The van der Waals surface area contributed by atoms with Gasteiger partial charge in [0.25, 0.3) is 0 Å². The molecule has 112 valence electrons. The number of aliphatic carboxylic acids is 1. The summed E-state index contributed by atoms with van der Waals surface area (Å²) in [7, 11) is 0. The van der Waals surface area contributed by atoms with E-state index in [0.29, 0.717) is 6.42 Å². The molecular weight excluding hydrogens is 236 g/mol. The molecule has 0 spiro atoms. The van der Waals surface area contributed by atoms with Crippen molar-refractivity contribution in [2.45, 2.75) is 96.3 Å². The Morgan fingerprint density at radius 1 is 0.789 bits per heavy atom. The van der Waals surface area contributed by atoms with E-state index in [2.05, 4.69) is 0 Å². The standard InChI is InChI=1S/C17H32O2/c18-17(19)15-11-5-3-1-2-4-8-12-16-13-9-6-7-10-14-16/h16H,1-15H2,(H,18,19). The highest BCUT2D eigenvalue weighted by molar-refractivity contribution is 5.66. The van der Waals surface area contributed by atoms with Crippen molar-refractivity contribution >= 4 is 5.97 Å². The molecule has 0 atom stereocenters. The van der Waals surface area contributed by atoms with Crippen LogP contribution in [0.25, 0.3) is 0 Å². The molecule has 2 heteroatoms. The predicted octanol–water partition coefficient (Wildman–Crippen LogP) is 5.55. The van der Waals surface area contributed by atoms with Crippen LogP contribution in [0.5, 0.6) is 0 Å². The van der Waals surface area contributed by atoms with Gasteiger partial charge in [-0.15, -0.1) is 0 Å². The summed E-state index contributed by atoms with van der Waals surface area (Å²) in [6, 6.07) is 0. The second kappa shape index (κ2) is 11.3. The summed E-state index contributed by atoms with van der Waals surface area (Å²) in [4.78, 5) is 10.3. The van der Waals surface area contributed by atoms with Gasteiger partial charge in [0.2, 0.25) is 0 Å². The molecule has 1 aliphatic carbocycles. The first-order valence-corrected chi connectivity index (χ1v) is 8.51. The maximum atomic E-state index is 10.3. The van der Waals surface area contributed by atoms with Crippen LogP contribution in [-0.2, 0) is 4.79 Å². The van der Waals surface area contributed by atoms with Crippen molar-refractivity contribution in [3.63, 3.8) is 0 Å². The molecule has 0 aliphatic heterocycles. The molecule has 0 aromatic heterocycles. The van der Waals surface area contributed by atoms with Gasteiger partial charge in [-0.05, 0) is 12.3 Å². The fourth-order valence-corrected chi connectivity index (χ4v) is 3.25. The summed E-state index contributed by atoms with van der Waals surface area (Å²) >= 11 is 0. The number of carboxylic acids is 1. The molecule has 1 aliphatic rings. The van der Waals surface area contributed by atoms with Crippen molar-refractivity contribution < 1.29 is 9.90 Å². The van der Waals surface area contributed by atoms with Crippen molar-refractivity contribution in [1.82, 2.24) is 0 Å². The molecule has 0 heterocycles. The summed E-state index contributed by atoms with van der Waals surface area (Å²) in [5.74, 6) is 0.376. The highest BCUT2D eigenvalue weighted by atomic mass is 16.4. The second-order valence-corrected chi connectivity index (χ2v) is 6.26. The number of carboxylic acid groups (broad SMARTS) is 1. The summed E-state index contributed by atoms with van der Waals surface area (Å²) < 4.78 is 0. The van der Waals surface area contributed by atoms with E-state index in [4.69, 9.17) is 5.11 Å². The fraction of sp³-hybridized carbons (Fsp3) is 0.941.